The Morgan fingerprint density at radius 2 is 1.10 bits per heavy atom. The van der Waals surface area contributed by atoms with E-state index in [1.54, 1.807) is 0 Å². The Morgan fingerprint density at radius 3 is 1.71 bits per heavy atom. The molecule has 0 aliphatic carbocycles. The smallest absolute Gasteiger partial charge is 0.0777 e. The molecule has 0 amide bonds. The molecule has 0 spiro atoms. The standard InChI is InChI=1S/C22H24N3.C20H20N3.CH4.2Ir/c1-21(2,3)18-12-11-14-16(23-18)13-19(22(4,5)6)25-17-10-8-7-9-15(17)24-20(14)25;1-12-10-16-17(11-13(12)2)23-9-8-15-14(19(23)22-16)6-7-18(21-15)20(3,4)5;;;/h7-10,12-13H,1-6H3;7-11H,1-5H3;1H4;;/q2*-1;;;. The Kier molecular flexibility index (Phi) is 11.1. The predicted molar refractivity (Wildman–Crippen MR) is 206 cm³/mol. The Morgan fingerprint density at radius 1 is 0.549 bits per heavy atom. The van der Waals surface area contributed by atoms with E-state index in [9.17, 15) is 0 Å². The molecule has 0 bridgehead atoms. The molecule has 51 heavy (non-hydrogen) atoms. The Labute approximate surface area is 329 Å². The molecular formula is C43H48Ir2N6-2. The number of pyridine rings is 4. The first kappa shape index (κ1) is 40.2. The van der Waals surface area contributed by atoms with Gasteiger partial charge in [0.1, 0.15) is 0 Å². The van der Waals surface area contributed by atoms with E-state index < -0.39 is 0 Å². The predicted octanol–water partition coefficient (Wildman–Crippen LogP) is 10.8. The summed E-state index contributed by atoms with van der Waals surface area (Å²) in [6.45, 7) is 24.0. The molecule has 0 aliphatic heterocycles. The minimum atomic E-state index is -0.0185. The fraction of sp³-hybridized carbons (Fsp3) is 0.349. The molecule has 6 nitrogen and oxygen atoms in total. The van der Waals surface area contributed by atoms with Gasteiger partial charge >= 0.3 is 0 Å². The van der Waals surface area contributed by atoms with Crippen molar-refractivity contribution >= 4 is 55.2 Å². The van der Waals surface area contributed by atoms with Crippen molar-refractivity contribution in [3.05, 3.63) is 107 Å². The van der Waals surface area contributed by atoms with Crippen LogP contribution in [0.3, 0.4) is 0 Å². The summed E-state index contributed by atoms with van der Waals surface area (Å²) < 4.78 is 4.41. The summed E-state index contributed by atoms with van der Waals surface area (Å²) in [5, 5.41) is 1.96. The van der Waals surface area contributed by atoms with Crippen LogP contribution in [0.2, 0.25) is 0 Å². The summed E-state index contributed by atoms with van der Waals surface area (Å²) in [6.07, 6.45) is 2.06. The van der Waals surface area contributed by atoms with Crippen molar-refractivity contribution in [1.82, 2.24) is 28.7 Å². The third-order valence-electron chi connectivity index (χ3n) is 9.21. The normalized spacial score (nSPS) is 12.1. The van der Waals surface area contributed by atoms with E-state index in [0.29, 0.717) is 0 Å². The largest absolute Gasteiger partial charge is 0.348 e. The Bertz CT molecular complexity index is 2540. The molecular weight excluding hydrogens is 985 g/mol. The molecule has 6 aromatic heterocycles. The second kappa shape index (κ2) is 14.1. The van der Waals surface area contributed by atoms with Gasteiger partial charge in [0.15, 0.2) is 0 Å². The first-order valence-corrected chi connectivity index (χ1v) is 16.8. The van der Waals surface area contributed by atoms with Crippen LogP contribution in [0, 0.1) is 26.0 Å². The maximum Gasteiger partial charge on any atom is 0.0777 e. The van der Waals surface area contributed by atoms with Crippen molar-refractivity contribution in [2.24, 2.45) is 0 Å². The van der Waals surface area contributed by atoms with Gasteiger partial charge < -0.3 is 18.8 Å². The fourth-order valence-corrected chi connectivity index (χ4v) is 6.22. The molecule has 0 unspecified atom stereocenters. The average molecular weight is 1030 g/mol. The van der Waals surface area contributed by atoms with Crippen molar-refractivity contribution in [2.45, 2.75) is 99.8 Å². The second-order valence-corrected chi connectivity index (χ2v) is 16.2. The van der Waals surface area contributed by atoms with Gasteiger partial charge in [0, 0.05) is 51.3 Å². The summed E-state index contributed by atoms with van der Waals surface area (Å²) in [7, 11) is 0. The summed E-state index contributed by atoms with van der Waals surface area (Å²) in [5.74, 6) is 0. The number of benzene rings is 2. The van der Waals surface area contributed by atoms with Crippen LogP contribution < -0.4 is 0 Å². The van der Waals surface area contributed by atoms with E-state index >= 15 is 0 Å². The van der Waals surface area contributed by atoms with Gasteiger partial charge in [-0.15, -0.1) is 24.3 Å². The van der Waals surface area contributed by atoms with Gasteiger partial charge in [0.05, 0.1) is 33.4 Å². The molecule has 0 saturated carbocycles. The monoisotopic (exact) mass is 1030 g/mol. The number of rotatable bonds is 0. The van der Waals surface area contributed by atoms with Crippen LogP contribution in [0.1, 0.15) is 97.9 Å². The number of fused-ring (bicyclic) bond motifs is 10. The van der Waals surface area contributed by atoms with Crippen LogP contribution in [-0.4, -0.2) is 28.7 Å². The van der Waals surface area contributed by atoms with E-state index in [2.05, 4.69) is 146 Å². The zero-order valence-corrected chi connectivity index (χ0v) is 35.5. The Balaban J connectivity index is 0.000000217. The zero-order chi connectivity index (χ0) is 34.3. The molecule has 0 fully saturated rings. The summed E-state index contributed by atoms with van der Waals surface area (Å²) in [5.41, 5.74) is 14.0. The number of para-hydroxylation sites is 2. The SMILES string of the molecule is C.CC(C)(C)c1c[c-]c2c(cc(C(C)(C)C)n3c4ccccc4nc23)n1.Cc1cc2nc3c4[c-]cc(C(C)(C)C)nc4ccn3c2cc1C.[Ir].[Ir]. The van der Waals surface area contributed by atoms with Crippen LogP contribution in [-0.2, 0) is 56.5 Å². The van der Waals surface area contributed by atoms with E-state index in [4.69, 9.17) is 19.9 Å². The minimum absolute atomic E-state index is 0. The quantitative estimate of drug-likeness (QED) is 0.142. The van der Waals surface area contributed by atoms with Crippen molar-refractivity contribution in [2.75, 3.05) is 0 Å². The minimum Gasteiger partial charge on any atom is -0.348 e. The van der Waals surface area contributed by atoms with Gasteiger partial charge in [-0.25, -0.2) is 0 Å². The summed E-state index contributed by atoms with van der Waals surface area (Å²) >= 11 is 0. The molecule has 8 aromatic rings. The van der Waals surface area contributed by atoms with Crippen molar-refractivity contribution in [1.29, 1.82) is 0 Å². The van der Waals surface area contributed by atoms with Gasteiger partial charge in [0.25, 0.3) is 0 Å². The molecule has 0 saturated heterocycles. The van der Waals surface area contributed by atoms with Gasteiger partial charge in [-0.3, -0.25) is 9.97 Å². The van der Waals surface area contributed by atoms with E-state index in [1.807, 2.05) is 18.2 Å². The average Bonchev–Trinajstić information content (AvgIpc) is 3.58. The summed E-state index contributed by atoms with van der Waals surface area (Å²) in [6, 6.07) is 27.8. The van der Waals surface area contributed by atoms with Crippen molar-refractivity contribution < 1.29 is 40.2 Å². The van der Waals surface area contributed by atoms with Crippen LogP contribution in [0.4, 0.5) is 0 Å². The van der Waals surface area contributed by atoms with Gasteiger partial charge in [0.2, 0.25) is 0 Å². The first-order chi connectivity index (χ1) is 22.5. The van der Waals surface area contributed by atoms with Crippen LogP contribution in [0.5, 0.6) is 0 Å². The van der Waals surface area contributed by atoms with E-state index in [1.165, 1.54) is 16.8 Å². The first-order valence-electron chi connectivity index (χ1n) is 16.8. The maximum atomic E-state index is 4.96. The van der Waals surface area contributed by atoms with Crippen LogP contribution in [0.25, 0.3) is 55.2 Å². The van der Waals surface area contributed by atoms with E-state index in [0.717, 1.165) is 66.6 Å². The van der Waals surface area contributed by atoms with Crippen molar-refractivity contribution in [3.8, 4) is 0 Å². The third-order valence-corrected chi connectivity index (χ3v) is 9.21. The molecule has 0 aliphatic rings. The maximum absolute atomic E-state index is 4.96. The van der Waals surface area contributed by atoms with Gasteiger partial charge in [-0.1, -0.05) is 105 Å². The molecule has 8 heteroatoms. The number of aromatic nitrogens is 6. The fourth-order valence-electron chi connectivity index (χ4n) is 6.22. The third kappa shape index (κ3) is 7.26. The Hall–Kier alpha value is -3.54. The molecule has 6 heterocycles. The van der Waals surface area contributed by atoms with Gasteiger partial charge in [-0.05, 0) is 88.7 Å². The number of hydrogen-bond donors (Lipinski definition) is 0. The molecule has 0 N–H and O–H groups in total. The summed E-state index contributed by atoms with van der Waals surface area (Å²) in [4.78, 5) is 19.5. The number of imidazole rings is 2. The second-order valence-electron chi connectivity index (χ2n) is 16.2. The van der Waals surface area contributed by atoms with Gasteiger partial charge in [-0.2, -0.15) is 0 Å². The van der Waals surface area contributed by atoms with E-state index in [-0.39, 0.29) is 63.9 Å². The molecule has 270 valence electrons. The molecule has 0 atom stereocenters. The van der Waals surface area contributed by atoms with Crippen LogP contribution >= 0.6 is 0 Å². The van der Waals surface area contributed by atoms with Crippen molar-refractivity contribution in [3.63, 3.8) is 0 Å². The zero-order valence-electron chi connectivity index (χ0n) is 30.7. The molecule has 8 rings (SSSR count). The van der Waals surface area contributed by atoms with Crippen LogP contribution in [0.15, 0.2) is 66.9 Å². The topological polar surface area (TPSA) is 60.4 Å². The molecule has 2 aromatic carbocycles. The number of nitrogens with zero attached hydrogens (tertiary/aromatic N) is 6. The number of aryl methyl sites for hydroxylation is 2. The molecule has 2 radical (unpaired) electrons. The number of hydrogen-bond acceptors (Lipinski definition) is 4.